The Morgan fingerprint density at radius 2 is 2.07 bits per heavy atom. The number of hydrogen-bond donors (Lipinski definition) is 0. The summed E-state index contributed by atoms with van der Waals surface area (Å²) in [5, 5.41) is 0. The molecule has 0 amide bonds. The lowest BCUT2D eigenvalue weighted by atomic mass is 10.0. The Morgan fingerprint density at radius 1 is 1.29 bits per heavy atom. The van der Waals surface area contributed by atoms with Crippen molar-refractivity contribution in [1.82, 2.24) is 0 Å². The first-order valence-electron chi connectivity index (χ1n) is 6.01. The second kappa shape index (κ2) is 6.41. The van der Waals surface area contributed by atoms with Gasteiger partial charge >= 0.3 is 0 Å². The van der Waals surface area contributed by atoms with Gasteiger partial charge in [0.05, 0.1) is 0 Å². The van der Waals surface area contributed by atoms with Crippen molar-refractivity contribution in [3.05, 3.63) is 0 Å². The lowest BCUT2D eigenvalue weighted by molar-refractivity contribution is 0.0507. The second-order valence-electron chi connectivity index (χ2n) is 4.59. The van der Waals surface area contributed by atoms with Gasteiger partial charge in [-0.3, -0.25) is 0 Å². The zero-order valence-corrected chi connectivity index (χ0v) is 9.79. The van der Waals surface area contributed by atoms with Crippen LogP contribution in [0.5, 0.6) is 0 Å². The predicted molar refractivity (Wildman–Crippen MR) is 58.2 cm³/mol. The Bertz CT molecular complexity index is 145. The second-order valence-corrected chi connectivity index (χ2v) is 4.59. The lowest BCUT2D eigenvalue weighted by Gasteiger charge is -2.02. The van der Waals surface area contributed by atoms with Crippen LogP contribution in [0.25, 0.3) is 0 Å². The van der Waals surface area contributed by atoms with Gasteiger partial charge in [-0.1, -0.05) is 40.0 Å². The van der Waals surface area contributed by atoms with E-state index in [1.54, 1.807) is 0 Å². The molecule has 0 aromatic heterocycles. The Labute approximate surface area is 88.0 Å². The number of hydrogen-bond acceptors (Lipinski definition) is 2. The molecule has 1 aliphatic rings. The fourth-order valence-electron chi connectivity index (χ4n) is 1.61. The fraction of sp³-hybridized carbons (Fsp3) is 1.00. The molecule has 1 rings (SSSR count). The van der Waals surface area contributed by atoms with Crippen LogP contribution in [0, 0.1) is 5.92 Å². The maximum atomic E-state index is 5.47. The summed E-state index contributed by atoms with van der Waals surface area (Å²) in [6, 6.07) is 0. The van der Waals surface area contributed by atoms with Gasteiger partial charge in [-0.05, 0) is 18.8 Å². The van der Waals surface area contributed by atoms with Crippen molar-refractivity contribution in [2.45, 2.75) is 65.3 Å². The van der Waals surface area contributed by atoms with E-state index in [-0.39, 0.29) is 6.29 Å². The van der Waals surface area contributed by atoms with E-state index in [0.717, 1.165) is 18.9 Å². The predicted octanol–water partition coefficient (Wildman–Crippen LogP) is 3.35. The van der Waals surface area contributed by atoms with E-state index in [0.29, 0.717) is 6.10 Å². The van der Waals surface area contributed by atoms with Crippen molar-refractivity contribution in [3.8, 4) is 0 Å². The molecule has 0 aromatic carbocycles. The molecule has 0 N–H and O–H groups in total. The van der Waals surface area contributed by atoms with E-state index in [9.17, 15) is 0 Å². The van der Waals surface area contributed by atoms with E-state index in [4.69, 9.17) is 9.47 Å². The largest absolute Gasteiger partial charge is 0.350 e. The average molecular weight is 200 g/mol. The summed E-state index contributed by atoms with van der Waals surface area (Å²) in [4.78, 5) is 0. The van der Waals surface area contributed by atoms with E-state index >= 15 is 0 Å². The normalized spacial score (nSPS) is 25.7. The minimum absolute atomic E-state index is 0.133. The van der Waals surface area contributed by atoms with Gasteiger partial charge in [0, 0.05) is 6.61 Å². The quantitative estimate of drug-likeness (QED) is 0.442. The monoisotopic (exact) mass is 200 g/mol. The highest BCUT2D eigenvalue weighted by Gasteiger charge is 2.38. The van der Waals surface area contributed by atoms with Crippen molar-refractivity contribution in [3.63, 3.8) is 0 Å². The number of rotatable bonds is 8. The molecule has 2 heteroatoms. The summed E-state index contributed by atoms with van der Waals surface area (Å²) >= 11 is 0. The third-order valence-corrected chi connectivity index (χ3v) is 2.54. The lowest BCUT2D eigenvalue weighted by Crippen LogP contribution is -2.01. The molecule has 1 saturated heterocycles. The van der Waals surface area contributed by atoms with Crippen molar-refractivity contribution < 1.29 is 9.47 Å². The van der Waals surface area contributed by atoms with E-state index in [2.05, 4.69) is 20.8 Å². The minimum atomic E-state index is 0.133. The molecule has 0 saturated carbocycles. The van der Waals surface area contributed by atoms with E-state index in [1.165, 1.54) is 25.7 Å². The van der Waals surface area contributed by atoms with Crippen LogP contribution in [-0.4, -0.2) is 19.0 Å². The van der Waals surface area contributed by atoms with Crippen molar-refractivity contribution in [2.24, 2.45) is 5.92 Å². The maximum Gasteiger partial charge on any atom is 0.184 e. The highest BCUT2D eigenvalue weighted by Crippen LogP contribution is 2.28. The molecule has 1 fully saturated rings. The Balaban J connectivity index is 1.85. The highest BCUT2D eigenvalue weighted by molar-refractivity contribution is 4.76. The minimum Gasteiger partial charge on any atom is -0.350 e. The summed E-state index contributed by atoms with van der Waals surface area (Å²) in [6.07, 6.45) is 6.77. The maximum absolute atomic E-state index is 5.47. The standard InChI is InChI=1S/C12H24O2/c1-4-9-13-12-11(14-12)8-6-5-7-10(2)3/h10-12H,4-9H2,1-3H3. The molecular formula is C12H24O2. The Hall–Kier alpha value is -0.0800. The molecular weight excluding hydrogens is 176 g/mol. The van der Waals surface area contributed by atoms with Gasteiger partial charge < -0.3 is 9.47 Å². The summed E-state index contributed by atoms with van der Waals surface area (Å²) in [6.45, 7) is 7.52. The zero-order valence-electron chi connectivity index (χ0n) is 9.79. The van der Waals surface area contributed by atoms with Crippen LogP contribution in [0.2, 0.25) is 0 Å². The van der Waals surface area contributed by atoms with Crippen LogP contribution in [0.15, 0.2) is 0 Å². The zero-order chi connectivity index (χ0) is 10.4. The molecule has 0 spiro atoms. The summed E-state index contributed by atoms with van der Waals surface area (Å²) in [7, 11) is 0. The third-order valence-electron chi connectivity index (χ3n) is 2.54. The van der Waals surface area contributed by atoms with Gasteiger partial charge in [-0.2, -0.15) is 0 Å². The summed E-state index contributed by atoms with van der Waals surface area (Å²) in [5.74, 6) is 0.835. The first-order chi connectivity index (χ1) is 6.74. The van der Waals surface area contributed by atoms with Crippen LogP contribution in [0.3, 0.4) is 0 Å². The molecule has 2 nitrogen and oxygen atoms in total. The smallest absolute Gasteiger partial charge is 0.184 e. The molecule has 0 aromatic rings. The summed E-state index contributed by atoms with van der Waals surface area (Å²) < 4.78 is 10.9. The van der Waals surface area contributed by atoms with Crippen LogP contribution < -0.4 is 0 Å². The van der Waals surface area contributed by atoms with Crippen LogP contribution in [0.4, 0.5) is 0 Å². The van der Waals surface area contributed by atoms with Gasteiger partial charge in [-0.25, -0.2) is 0 Å². The van der Waals surface area contributed by atoms with Crippen LogP contribution >= 0.6 is 0 Å². The van der Waals surface area contributed by atoms with Gasteiger partial charge in [0.15, 0.2) is 6.29 Å². The Morgan fingerprint density at radius 3 is 2.71 bits per heavy atom. The molecule has 1 heterocycles. The average Bonchev–Trinajstić information content (AvgIpc) is 2.88. The first kappa shape index (κ1) is 12.0. The molecule has 0 aliphatic carbocycles. The van der Waals surface area contributed by atoms with Crippen molar-refractivity contribution >= 4 is 0 Å². The van der Waals surface area contributed by atoms with Crippen molar-refractivity contribution in [1.29, 1.82) is 0 Å². The molecule has 2 atom stereocenters. The third kappa shape index (κ3) is 4.97. The SMILES string of the molecule is CCCOC1OC1CCCCC(C)C. The molecule has 14 heavy (non-hydrogen) atoms. The summed E-state index contributed by atoms with van der Waals surface area (Å²) in [5.41, 5.74) is 0. The fourth-order valence-corrected chi connectivity index (χ4v) is 1.61. The van der Waals surface area contributed by atoms with E-state index in [1.807, 2.05) is 0 Å². The molecule has 84 valence electrons. The van der Waals surface area contributed by atoms with Crippen LogP contribution in [0.1, 0.15) is 52.9 Å². The van der Waals surface area contributed by atoms with Gasteiger partial charge in [-0.15, -0.1) is 0 Å². The number of unbranched alkanes of at least 4 members (excludes halogenated alkanes) is 1. The topological polar surface area (TPSA) is 21.8 Å². The van der Waals surface area contributed by atoms with Gasteiger partial charge in [0.2, 0.25) is 0 Å². The number of epoxide rings is 1. The molecule has 0 bridgehead atoms. The van der Waals surface area contributed by atoms with Crippen LogP contribution in [-0.2, 0) is 9.47 Å². The van der Waals surface area contributed by atoms with Crippen molar-refractivity contribution in [2.75, 3.05) is 6.61 Å². The van der Waals surface area contributed by atoms with E-state index < -0.39 is 0 Å². The highest BCUT2D eigenvalue weighted by atomic mass is 16.8. The molecule has 1 aliphatic heterocycles. The first-order valence-corrected chi connectivity index (χ1v) is 6.01. The molecule has 2 unspecified atom stereocenters. The Kier molecular flexibility index (Phi) is 5.49. The molecule has 0 radical (unpaired) electrons. The van der Waals surface area contributed by atoms with Gasteiger partial charge in [0.25, 0.3) is 0 Å². The van der Waals surface area contributed by atoms with Gasteiger partial charge in [0.1, 0.15) is 6.10 Å². The number of ether oxygens (including phenoxy) is 2.